The minimum Gasteiger partial charge on any atom is -0.342 e. The lowest BCUT2D eigenvalue weighted by Gasteiger charge is -2.11. The van der Waals surface area contributed by atoms with Crippen molar-refractivity contribution in [2.45, 2.75) is 38.6 Å². The fourth-order valence-corrected chi connectivity index (χ4v) is 1.18. The third kappa shape index (κ3) is 6.50. The minimum atomic E-state index is -0.0953. The Morgan fingerprint density at radius 2 is 2.29 bits per heavy atom. The van der Waals surface area contributed by atoms with Crippen LogP contribution in [0.3, 0.4) is 0 Å². The highest BCUT2D eigenvalue weighted by atomic mass is 16.1. The van der Waals surface area contributed by atoms with E-state index in [0.717, 1.165) is 25.8 Å². The molecule has 0 bridgehead atoms. The van der Waals surface area contributed by atoms with Gasteiger partial charge in [-0.25, -0.2) is 0 Å². The highest BCUT2D eigenvalue weighted by Crippen LogP contribution is 1.96. The molecular formula is C11H20N2O. The van der Waals surface area contributed by atoms with E-state index >= 15 is 0 Å². The van der Waals surface area contributed by atoms with E-state index in [9.17, 15) is 4.79 Å². The Morgan fingerprint density at radius 3 is 2.79 bits per heavy atom. The largest absolute Gasteiger partial charge is 0.342 e. The molecule has 0 saturated heterocycles. The Morgan fingerprint density at radius 1 is 1.57 bits per heavy atom. The van der Waals surface area contributed by atoms with Crippen molar-refractivity contribution in [1.29, 1.82) is 0 Å². The number of carbonyl (C=O) groups is 1. The summed E-state index contributed by atoms with van der Waals surface area (Å²) in [7, 11) is 1.87. The van der Waals surface area contributed by atoms with Crippen LogP contribution >= 0.6 is 0 Å². The van der Waals surface area contributed by atoms with Crippen molar-refractivity contribution in [2.24, 2.45) is 0 Å². The maximum absolute atomic E-state index is 11.3. The number of hydrogen-bond donors (Lipinski definition) is 2. The van der Waals surface area contributed by atoms with Crippen LogP contribution in [0.25, 0.3) is 0 Å². The predicted molar refractivity (Wildman–Crippen MR) is 58.8 cm³/mol. The van der Waals surface area contributed by atoms with Gasteiger partial charge >= 0.3 is 0 Å². The van der Waals surface area contributed by atoms with Crippen LogP contribution in [0.1, 0.15) is 32.6 Å². The maximum atomic E-state index is 11.3. The van der Waals surface area contributed by atoms with Gasteiger partial charge < -0.3 is 10.6 Å². The molecule has 14 heavy (non-hydrogen) atoms. The number of terminal acetylenes is 1. The lowest BCUT2D eigenvalue weighted by Crippen LogP contribution is -2.33. The second kappa shape index (κ2) is 8.58. The van der Waals surface area contributed by atoms with Gasteiger partial charge in [0.1, 0.15) is 0 Å². The molecule has 0 aliphatic heterocycles. The third-order valence-corrected chi connectivity index (χ3v) is 1.94. The van der Waals surface area contributed by atoms with Crippen molar-refractivity contribution < 1.29 is 4.79 Å². The molecule has 80 valence electrons. The first-order chi connectivity index (χ1) is 6.74. The monoisotopic (exact) mass is 196 g/mol. The molecule has 3 nitrogen and oxygen atoms in total. The van der Waals surface area contributed by atoms with E-state index in [1.807, 2.05) is 7.05 Å². The van der Waals surface area contributed by atoms with Gasteiger partial charge in [0.15, 0.2) is 0 Å². The van der Waals surface area contributed by atoms with Crippen LogP contribution in [0.15, 0.2) is 0 Å². The van der Waals surface area contributed by atoms with E-state index < -0.39 is 0 Å². The van der Waals surface area contributed by atoms with Crippen molar-refractivity contribution >= 4 is 5.91 Å². The molecule has 0 aromatic heterocycles. The Hall–Kier alpha value is -1.01. The molecule has 2 N–H and O–H groups in total. The summed E-state index contributed by atoms with van der Waals surface area (Å²) in [5.41, 5.74) is 0. The molecule has 3 heteroatoms. The van der Waals surface area contributed by atoms with Gasteiger partial charge in [0.05, 0.1) is 6.04 Å². The first-order valence-corrected chi connectivity index (χ1v) is 5.14. The predicted octanol–water partition coefficient (Wildman–Crippen LogP) is 0.904. The molecular weight excluding hydrogens is 176 g/mol. The molecule has 0 aliphatic carbocycles. The van der Waals surface area contributed by atoms with Crippen molar-refractivity contribution in [3.05, 3.63) is 0 Å². The summed E-state index contributed by atoms with van der Waals surface area (Å²) in [6, 6.07) is -0.0953. The van der Waals surface area contributed by atoms with Gasteiger partial charge in [-0.2, -0.15) is 0 Å². The van der Waals surface area contributed by atoms with E-state index in [4.69, 9.17) is 6.42 Å². The second-order valence-corrected chi connectivity index (χ2v) is 3.28. The number of carbonyl (C=O) groups excluding carboxylic acids is 1. The van der Waals surface area contributed by atoms with Crippen LogP contribution in [0.5, 0.6) is 0 Å². The van der Waals surface area contributed by atoms with Crippen LogP contribution in [-0.2, 0) is 4.79 Å². The fourth-order valence-electron chi connectivity index (χ4n) is 1.18. The topological polar surface area (TPSA) is 41.1 Å². The summed E-state index contributed by atoms with van der Waals surface area (Å²) in [5.74, 6) is 2.63. The summed E-state index contributed by atoms with van der Waals surface area (Å²) in [6.45, 7) is 2.92. The molecule has 0 saturated carbocycles. The minimum absolute atomic E-state index is 0.0525. The summed E-state index contributed by atoms with van der Waals surface area (Å²) in [5, 5.41) is 5.82. The van der Waals surface area contributed by atoms with Crippen LogP contribution < -0.4 is 10.6 Å². The zero-order valence-corrected chi connectivity index (χ0v) is 9.10. The van der Waals surface area contributed by atoms with Gasteiger partial charge in [0, 0.05) is 6.42 Å². The lowest BCUT2D eigenvalue weighted by atomic mass is 10.1. The zero-order valence-electron chi connectivity index (χ0n) is 9.10. The fraction of sp³-hybridized carbons (Fsp3) is 0.727. The Kier molecular flexibility index (Phi) is 7.96. The second-order valence-electron chi connectivity index (χ2n) is 3.28. The zero-order chi connectivity index (χ0) is 10.8. The SMILES string of the molecule is C#CC(CCC)NC(=O)CCCNC. The number of hydrogen-bond acceptors (Lipinski definition) is 2. The Bertz CT molecular complexity index is 196. The van der Waals surface area contributed by atoms with Gasteiger partial charge in [0.25, 0.3) is 0 Å². The van der Waals surface area contributed by atoms with E-state index in [1.54, 1.807) is 0 Å². The highest BCUT2D eigenvalue weighted by molar-refractivity contribution is 5.76. The molecule has 1 atom stereocenters. The average molecular weight is 196 g/mol. The van der Waals surface area contributed by atoms with Gasteiger partial charge in [-0.1, -0.05) is 19.3 Å². The van der Waals surface area contributed by atoms with Gasteiger partial charge in [-0.3, -0.25) is 4.79 Å². The molecule has 0 aliphatic rings. The molecule has 0 rings (SSSR count). The molecule has 0 radical (unpaired) electrons. The smallest absolute Gasteiger partial charge is 0.221 e. The molecule has 0 spiro atoms. The van der Waals surface area contributed by atoms with E-state index in [0.29, 0.717) is 6.42 Å². The maximum Gasteiger partial charge on any atom is 0.221 e. The van der Waals surface area contributed by atoms with Crippen molar-refractivity contribution in [3.8, 4) is 12.3 Å². The molecule has 0 fully saturated rings. The van der Waals surface area contributed by atoms with Crippen LogP contribution in [0, 0.1) is 12.3 Å². The quantitative estimate of drug-likeness (QED) is 0.469. The highest BCUT2D eigenvalue weighted by Gasteiger charge is 2.07. The van der Waals surface area contributed by atoms with Crippen molar-refractivity contribution in [2.75, 3.05) is 13.6 Å². The van der Waals surface area contributed by atoms with Gasteiger partial charge in [-0.05, 0) is 26.4 Å². The van der Waals surface area contributed by atoms with E-state index in [2.05, 4.69) is 23.5 Å². The standard InChI is InChI=1S/C11H20N2O/c1-4-7-10(5-2)13-11(14)8-6-9-12-3/h2,10,12H,4,6-9H2,1,3H3,(H,13,14). The van der Waals surface area contributed by atoms with Crippen molar-refractivity contribution in [3.63, 3.8) is 0 Å². The molecule has 1 unspecified atom stereocenters. The summed E-state index contributed by atoms with van der Waals surface area (Å²) < 4.78 is 0. The van der Waals surface area contributed by atoms with Crippen LogP contribution in [0.2, 0.25) is 0 Å². The average Bonchev–Trinajstić information content (AvgIpc) is 2.17. The molecule has 0 aromatic rings. The number of rotatable bonds is 7. The van der Waals surface area contributed by atoms with Gasteiger partial charge in [-0.15, -0.1) is 6.42 Å². The van der Waals surface area contributed by atoms with Crippen LogP contribution in [0.4, 0.5) is 0 Å². The lowest BCUT2D eigenvalue weighted by molar-refractivity contribution is -0.121. The normalized spacial score (nSPS) is 11.8. The van der Waals surface area contributed by atoms with Gasteiger partial charge in [0.2, 0.25) is 5.91 Å². The van der Waals surface area contributed by atoms with Crippen LogP contribution in [-0.4, -0.2) is 25.5 Å². The Labute approximate surface area is 86.6 Å². The van der Waals surface area contributed by atoms with E-state index in [-0.39, 0.29) is 11.9 Å². The van der Waals surface area contributed by atoms with Crippen molar-refractivity contribution in [1.82, 2.24) is 10.6 Å². The summed E-state index contributed by atoms with van der Waals surface area (Å²) in [6.07, 6.45) is 8.53. The third-order valence-electron chi connectivity index (χ3n) is 1.94. The summed E-state index contributed by atoms with van der Waals surface area (Å²) >= 11 is 0. The molecule has 1 amide bonds. The van der Waals surface area contributed by atoms with E-state index in [1.165, 1.54) is 0 Å². The molecule has 0 aromatic carbocycles. The first kappa shape index (κ1) is 13.0. The first-order valence-electron chi connectivity index (χ1n) is 5.14. The molecule has 0 heterocycles. The number of amides is 1. The Balaban J connectivity index is 3.63. The summed E-state index contributed by atoms with van der Waals surface area (Å²) in [4.78, 5) is 11.3. The number of nitrogens with one attached hydrogen (secondary N) is 2.